The molecule has 0 aromatic carbocycles. The molecule has 0 N–H and O–H groups in total. The summed E-state index contributed by atoms with van der Waals surface area (Å²) in [6, 6.07) is 0. The van der Waals surface area contributed by atoms with Crippen LogP contribution in [0.2, 0.25) is 0 Å². The van der Waals surface area contributed by atoms with Crippen molar-refractivity contribution in [3.63, 3.8) is 0 Å². The summed E-state index contributed by atoms with van der Waals surface area (Å²) in [6.45, 7) is 15.8. The van der Waals surface area contributed by atoms with Gasteiger partial charge >= 0.3 is 0 Å². The maximum atomic E-state index is 12.0. The first-order valence-corrected chi connectivity index (χ1v) is 8.94. The van der Waals surface area contributed by atoms with E-state index in [1.807, 2.05) is 6.92 Å². The summed E-state index contributed by atoms with van der Waals surface area (Å²) in [5.41, 5.74) is 0.176. The van der Waals surface area contributed by atoms with Crippen LogP contribution in [-0.4, -0.2) is 33.1 Å². The van der Waals surface area contributed by atoms with Gasteiger partial charge in [-0.25, -0.2) is 8.42 Å². The zero-order chi connectivity index (χ0) is 15.3. The number of sulfone groups is 1. The summed E-state index contributed by atoms with van der Waals surface area (Å²) in [7, 11) is -2.96. The summed E-state index contributed by atoms with van der Waals surface area (Å²) in [5.74, 6) is 0.681. The predicted octanol–water partition coefficient (Wildman–Crippen LogP) is 3.54. The van der Waals surface area contributed by atoms with Gasteiger partial charge in [-0.1, -0.05) is 48.5 Å². The van der Waals surface area contributed by atoms with Crippen LogP contribution in [0.4, 0.5) is 0 Å². The molecule has 0 unspecified atom stereocenters. The Labute approximate surface area is 120 Å². The van der Waals surface area contributed by atoms with Crippen LogP contribution in [0.5, 0.6) is 0 Å². The van der Waals surface area contributed by atoms with Crippen LogP contribution in [0.3, 0.4) is 0 Å². The van der Waals surface area contributed by atoms with Gasteiger partial charge in [-0.3, -0.25) is 0 Å². The van der Waals surface area contributed by atoms with Gasteiger partial charge in [0.05, 0.1) is 18.1 Å². The summed E-state index contributed by atoms with van der Waals surface area (Å²) < 4.78 is 29.5. The Bertz CT molecular complexity index is 345. The first kappa shape index (κ1) is 18.9. The van der Waals surface area contributed by atoms with Gasteiger partial charge in [0.15, 0.2) is 9.84 Å². The molecule has 19 heavy (non-hydrogen) atoms. The van der Waals surface area contributed by atoms with E-state index in [1.54, 1.807) is 0 Å². The second-order valence-corrected chi connectivity index (χ2v) is 10.1. The second kappa shape index (κ2) is 7.07. The van der Waals surface area contributed by atoms with Crippen LogP contribution in [0.15, 0.2) is 0 Å². The van der Waals surface area contributed by atoms with Gasteiger partial charge in [0, 0.05) is 6.61 Å². The first-order valence-electron chi connectivity index (χ1n) is 7.12. The van der Waals surface area contributed by atoms with Gasteiger partial charge in [-0.15, -0.1) is 0 Å². The van der Waals surface area contributed by atoms with Crippen molar-refractivity contribution >= 4 is 9.84 Å². The Morgan fingerprint density at radius 1 is 1.05 bits per heavy atom. The van der Waals surface area contributed by atoms with Gasteiger partial charge in [0.25, 0.3) is 0 Å². The van der Waals surface area contributed by atoms with E-state index >= 15 is 0 Å². The smallest absolute Gasteiger partial charge is 0.150 e. The minimum atomic E-state index is -2.96. The van der Waals surface area contributed by atoms with E-state index in [9.17, 15) is 8.42 Å². The summed E-state index contributed by atoms with van der Waals surface area (Å²) in [4.78, 5) is 0. The molecule has 0 aliphatic heterocycles. The fourth-order valence-corrected chi connectivity index (χ4v) is 3.46. The molecular formula is C15H32O3S. The minimum Gasteiger partial charge on any atom is -0.381 e. The number of rotatable bonds is 7. The van der Waals surface area contributed by atoms with Gasteiger partial charge in [0.2, 0.25) is 0 Å². The molecule has 0 amide bonds. The van der Waals surface area contributed by atoms with Crippen molar-refractivity contribution in [1.29, 1.82) is 0 Å². The third-order valence-corrected chi connectivity index (χ3v) is 5.18. The third kappa shape index (κ3) is 10.4. The van der Waals surface area contributed by atoms with Crippen molar-refractivity contribution in [2.45, 2.75) is 54.9 Å². The molecule has 0 bridgehead atoms. The van der Waals surface area contributed by atoms with Crippen LogP contribution in [0.25, 0.3) is 0 Å². The van der Waals surface area contributed by atoms with Crippen LogP contribution < -0.4 is 0 Å². The Kier molecular flexibility index (Phi) is 7.04. The average molecular weight is 292 g/mol. The third-order valence-electron chi connectivity index (χ3n) is 3.26. The molecule has 0 saturated carbocycles. The molecule has 0 saturated heterocycles. The molecule has 0 heterocycles. The molecule has 116 valence electrons. The molecule has 0 radical (unpaired) electrons. The van der Waals surface area contributed by atoms with Crippen LogP contribution in [0, 0.1) is 16.7 Å². The Morgan fingerprint density at radius 3 is 2.00 bits per heavy atom. The maximum Gasteiger partial charge on any atom is 0.150 e. The molecule has 4 heteroatoms. The minimum absolute atomic E-state index is 0.0375. The molecule has 3 nitrogen and oxygen atoms in total. The highest BCUT2D eigenvalue weighted by Gasteiger charge is 2.25. The van der Waals surface area contributed by atoms with Gasteiger partial charge in [-0.05, 0) is 23.2 Å². The van der Waals surface area contributed by atoms with Crippen LogP contribution in [-0.2, 0) is 14.6 Å². The molecule has 0 fully saturated rings. The Balaban J connectivity index is 4.00. The molecule has 0 aromatic rings. The van der Waals surface area contributed by atoms with E-state index in [1.165, 1.54) is 0 Å². The molecule has 0 spiro atoms. The monoisotopic (exact) mass is 292 g/mol. The van der Waals surface area contributed by atoms with E-state index in [0.717, 1.165) is 0 Å². The lowest BCUT2D eigenvalue weighted by atomic mass is 9.83. The summed E-state index contributed by atoms with van der Waals surface area (Å²) >= 11 is 0. The normalized spacial score (nSPS) is 15.5. The van der Waals surface area contributed by atoms with Gasteiger partial charge in [0.1, 0.15) is 0 Å². The molecule has 0 aromatic heterocycles. The second-order valence-electron chi connectivity index (χ2n) is 7.85. The summed E-state index contributed by atoms with van der Waals surface area (Å²) in [5, 5.41) is 0. The lowest BCUT2D eigenvalue weighted by Gasteiger charge is -2.26. The summed E-state index contributed by atoms with van der Waals surface area (Å²) in [6.07, 6.45) is 0.593. The zero-order valence-corrected chi connectivity index (χ0v) is 14.6. The standard InChI is InChI=1S/C15H32O3S/c1-13(15(5,6)7)11-19(16,17)10-8-9-18-12-14(2,3)4/h13H,8-12H2,1-7H3/t13-/m0/s1. The number of hydrogen-bond donors (Lipinski definition) is 0. The van der Waals surface area contributed by atoms with Crippen molar-refractivity contribution in [3.8, 4) is 0 Å². The quantitative estimate of drug-likeness (QED) is 0.674. The highest BCUT2D eigenvalue weighted by molar-refractivity contribution is 7.91. The van der Waals surface area contributed by atoms with E-state index in [-0.39, 0.29) is 28.3 Å². The van der Waals surface area contributed by atoms with E-state index in [0.29, 0.717) is 19.6 Å². The lowest BCUT2D eigenvalue weighted by molar-refractivity contribution is 0.0720. The molecular weight excluding hydrogens is 260 g/mol. The molecule has 1 atom stereocenters. The van der Waals surface area contributed by atoms with Gasteiger partial charge < -0.3 is 4.74 Å². The number of ether oxygens (including phenoxy) is 1. The molecule has 0 aliphatic carbocycles. The lowest BCUT2D eigenvalue weighted by Crippen LogP contribution is -2.27. The number of hydrogen-bond acceptors (Lipinski definition) is 3. The molecule has 0 aliphatic rings. The largest absolute Gasteiger partial charge is 0.381 e. The molecule has 0 rings (SSSR count). The fraction of sp³-hybridized carbons (Fsp3) is 1.00. The SMILES string of the molecule is C[C@@H](CS(=O)(=O)CCCOCC(C)(C)C)C(C)(C)C. The van der Waals surface area contributed by atoms with Crippen molar-refractivity contribution < 1.29 is 13.2 Å². The fourth-order valence-electron chi connectivity index (χ4n) is 1.47. The van der Waals surface area contributed by atoms with Crippen molar-refractivity contribution in [3.05, 3.63) is 0 Å². The van der Waals surface area contributed by atoms with Gasteiger partial charge in [-0.2, -0.15) is 0 Å². The van der Waals surface area contributed by atoms with E-state index in [4.69, 9.17) is 4.74 Å². The average Bonchev–Trinajstić information content (AvgIpc) is 2.12. The van der Waals surface area contributed by atoms with E-state index < -0.39 is 9.84 Å². The maximum absolute atomic E-state index is 12.0. The van der Waals surface area contributed by atoms with Crippen LogP contribution >= 0.6 is 0 Å². The highest BCUT2D eigenvalue weighted by atomic mass is 32.2. The Hall–Kier alpha value is -0.0900. The zero-order valence-electron chi connectivity index (χ0n) is 13.7. The first-order chi connectivity index (χ1) is 8.33. The predicted molar refractivity (Wildman–Crippen MR) is 82.2 cm³/mol. The van der Waals surface area contributed by atoms with Crippen molar-refractivity contribution in [1.82, 2.24) is 0 Å². The highest BCUT2D eigenvalue weighted by Crippen LogP contribution is 2.26. The van der Waals surface area contributed by atoms with E-state index in [2.05, 4.69) is 41.5 Å². The Morgan fingerprint density at radius 2 is 1.58 bits per heavy atom. The van der Waals surface area contributed by atoms with Crippen LogP contribution in [0.1, 0.15) is 54.9 Å². The van der Waals surface area contributed by atoms with Crippen molar-refractivity contribution in [2.24, 2.45) is 16.7 Å². The van der Waals surface area contributed by atoms with Crippen molar-refractivity contribution in [2.75, 3.05) is 24.7 Å². The topological polar surface area (TPSA) is 43.4 Å².